The van der Waals surface area contributed by atoms with E-state index in [-0.39, 0.29) is 11.2 Å². The van der Waals surface area contributed by atoms with Crippen molar-refractivity contribution in [2.75, 3.05) is 23.7 Å². The Morgan fingerprint density at radius 3 is 2.75 bits per heavy atom. The van der Waals surface area contributed by atoms with Crippen molar-refractivity contribution in [2.45, 2.75) is 26.7 Å². The molecule has 1 aromatic rings. The van der Waals surface area contributed by atoms with E-state index in [4.69, 9.17) is 5.73 Å². The van der Waals surface area contributed by atoms with Crippen LogP contribution in [0.5, 0.6) is 0 Å². The molecule has 2 N–H and O–H groups in total. The van der Waals surface area contributed by atoms with Crippen LogP contribution in [-0.4, -0.2) is 13.1 Å². The van der Waals surface area contributed by atoms with E-state index in [1.54, 1.807) is 12.1 Å². The number of benzene rings is 1. The smallest absolute Gasteiger partial charge is 0.148 e. The molecule has 0 radical (unpaired) electrons. The molecule has 1 aliphatic heterocycles. The molecule has 16 heavy (non-hydrogen) atoms. The van der Waals surface area contributed by atoms with E-state index >= 15 is 0 Å². The minimum absolute atomic E-state index is 0.210. The Morgan fingerprint density at radius 1 is 1.38 bits per heavy atom. The number of rotatable bonds is 1. The molecule has 0 amide bonds. The van der Waals surface area contributed by atoms with E-state index in [2.05, 4.69) is 18.7 Å². The Balaban J connectivity index is 2.23. The number of hydrogen-bond acceptors (Lipinski definition) is 2. The summed E-state index contributed by atoms with van der Waals surface area (Å²) in [5.41, 5.74) is 6.99. The van der Waals surface area contributed by atoms with Gasteiger partial charge in [-0.15, -0.1) is 0 Å². The van der Waals surface area contributed by atoms with Gasteiger partial charge in [-0.3, -0.25) is 0 Å². The first kappa shape index (κ1) is 11.2. The molecular formula is C13H19FN2. The topological polar surface area (TPSA) is 29.3 Å². The van der Waals surface area contributed by atoms with Crippen LogP contribution in [0.4, 0.5) is 15.8 Å². The molecule has 0 spiro atoms. The van der Waals surface area contributed by atoms with Crippen molar-refractivity contribution in [3.05, 3.63) is 24.0 Å². The summed E-state index contributed by atoms with van der Waals surface area (Å²) < 4.78 is 13.8. The lowest BCUT2D eigenvalue weighted by molar-refractivity contribution is 0.292. The molecule has 1 aromatic carbocycles. The van der Waals surface area contributed by atoms with Gasteiger partial charge in [0.15, 0.2) is 0 Å². The van der Waals surface area contributed by atoms with Gasteiger partial charge in [0.25, 0.3) is 0 Å². The molecule has 1 saturated heterocycles. The summed E-state index contributed by atoms with van der Waals surface area (Å²) >= 11 is 0. The molecule has 0 atom stereocenters. The summed E-state index contributed by atoms with van der Waals surface area (Å²) in [7, 11) is 0. The van der Waals surface area contributed by atoms with E-state index in [1.807, 2.05) is 0 Å². The second-order valence-electron chi connectivity index (χ2n) is 5.40. The number of anilines is 2. The largest absolute Gasteiger partial charge is 0.399 e. The zero-order chi connectivity index (χ0) is 11.8. The van der Waals surface area contributed by atoms with Crippen LogP contribution in [-0.2, 0) is 0 Å². The molecule has 1 aliphatic rings. The van der Waals surface area contributed by atoms with Gasteiger partial charge in [-0.05, 0) is 36.5 Å². The molecule has 3 heteroatoms. The predicted molar refractivity (Wildman–Crippen MR) is 66.0 cm³/mol. The van der Waals surface area contributed by atoms with Gasteiger partial charge in [-0.1, -0.05) is 13.8 Å². The van der Waals surface area contributed by atoms with Crippen LogP contribution in [0.2, 0.25) is 0 Å². The standard InChI is InChI=1S/C13H19FN2/c1-13(2)6-3-7-16(9-13)12-5-4-10(15)8-11(12)14/h4-5,8H,3,6-7,9,15H2,1-2H3. The molecule has 2 nitrogen and oxygen atoms in total. The fourth-order valence-electron chi connectivity index (χ4n) is 2.41. The van der Waals surface area contributed by atoms with E-state index in [9.17, 15) is 4.39 Å². The Labute approximate surface area is 96.2 Å². The third kappa shape index (κ3) is 2.29. The first-order valence-corrected chi connectivity index (χ1v) is 5.78. The number of nitrogens with zero attached hydrogens (tertiary/aromatic N) is 1. The molecule has 0 aliphatic carbocycles. The van der Waals surface area contributed by atoms with Crippen LogP contribution < -0.4 is 10.6 Å². The molecule has 0 unspecified atom stereocenters. The maximum atomic E-state index is 13.8. The number of nitrogens with two attached hydrogens (primary N) is 1. The minimum Gasteiger partial charge on any atom is -0.399 e. The number of halogens is 1. The van der Waals surface area contributed by atoms with Crippen molar-refractivity contribution < 1.29 is 4.39 Å². The van der Waals surface area contributed by atoms with Crippen molar-refractivity contribution in [1.82, 2.24) is 0 Å². The van der Waals surface area contributed by atoms with Crippen LogP contribution in [0.1, 0.15) is 26.7 Å². The van der Waals surface area contributed by atoms with Gasteiger partial charge in [0.1, 0.15) is 5.82 Å². The highest BCUT2D eigenvalue weighted by Crippen LogP contribution is 2.32. The Kier molecular flexibility index (Phi) is 2.78. The fraction of sp³-hybridized carbons (Fsp3) is 0.538. The van der Waals surface area contributed by atoms with Crippen molar-refractivity contribution >= 4 is 11.4 Å². The third-order valence-electron chi connectivity index (χ3n) is 3.21. The molecule has 2 rings (SSSR count). The van der Waals surface area contributed by atoms with Gasteiger partial charge < -0.3 is 10.6 Å². The van der Waals surface area contributed by atoms with E-state index in [0.717, 1.165) is 19.5 Å². The Morgan fingerprint density at radius 2 is 2.12 bits per heavy atom. The molecule has 1 heterocycles. The molecule has 0 saturated carbocycles. The summed E-state index contributed by atoms with van der Waals surface area (Å²) in [6, 6.07) is 4.95. The molecular weight excluding hydrogens is 203 g/mol. The Hall–Kier alpha value is -1.25. The lowest BCUT2D eigenvalue weighted by Gasteiger charge is -2.39. The number of hydrogen-bond donors (Lipinski definition) is 1. The van der Waals surface area contributed by atoms with Crippen LogP contribution in [0.3, 0.4) is 0 Å². The minimum atomic E-state index is -0.210. The highest BCUT2D eigenvalue weighted by molar-refractivity contribution is 5.54. The van der Waals surface area contributed by atoms with Gasteiger partial charge in [0, 0.05) is 18.8 Å². The SMILES string of the molecule is CC1(C)CCCN(c2ccc(N)cc2F)C1. The van der Waals surface area contributed by atoms with Gasteiger partial charge in [-0.2, -0.15) is 0 Å². The first-order valence-electron chi connectivity index (χ1n) is 5.78. The van der Waals surface area contributed by atoms with Gasteiger partial charge in [-0.25, -0.2) is 4.39 Å². The van der Waals surface area contributed by atoms with E-state index in [0.29, 0.717) is 11.4 Å². The predicted octanol–water partition coefficient (Wildman–Crippen LogP) is 3.03. The molecule has 88 valence electrons. The van der Waals surface area contributed by atoms with Crippen molar-refractivity contribution in [1.29, 1.82) is 0 Å². The highest BCUT2D eigenvalue weighted by atomic mass is 19.1. The maximum Gasteiger partial charge on any atom is 0.148 e. The second-order valence-corrected chi connectivity index (χ2v) is 5.40. The monoisotopic (exact) mass is 222 g/mol. The normalized spacial score (nSPS) is 19.8. The fourth-order valence-corrected chi connectivity index (χ4v) is 2.41. The quantitative estimate of drug-likeness (QED) is 0.740. The summed E-state index contributed by atoms with van der Waals surface area (Å²) in [5, 5.41) is 0. The average Bonchev–Trinajstić information content (AvgIpc) is 2.15. The summed E-state index contributed by atoms with van der Waals surface area (Å²) in [6.45, 7) is 6.31. The van der Waals surface area contributed by atoms with Crippen molar-refractivity contribution in [3.8, 4) is 0 Å². The van der Waals surface area contributed by atoms with Crippen LogP contribution in [0.15, 0.2) is 18.2 Å². The van der Waals surface area contributed by atoms with E-state index < -0.39 is 0 Å². The molecule has 0 aromatic heterocycles. The van der Waals surface area contributed by atoms with Crippen LogP contribution in [0, 0.1) is 11.2 Å². The molecule has 1 fully saturated rings. The third-order valence-corrected chi connectivity index (χ3v) is 3.21. The molecule has 0 bridgehead atoms. The average molecular weight is 222 g/mol. The summed E-state index contributed by atoms with van der Waals surface area (Å²) in [6.07, 6.45) is 2.33. The van der Waals surface area contributed by atoms with Gasteiger partial charge in [0.05, 0.1) is 5.69 Å². The van der Waals surface area contributed by atoms with E-state index in [1.165, 1.54) is 12.5 Å². The lowest BCUT2D eigenvalue weighted by Crippen LogP contribution is -2.40. The van der Waals surface area contributed by atoms with Gasteiger partial charge in [0.2, 0.25) is 0 Å². The second kappa shape index (κ2) is 3.96. The summed E-state index contributed by atoms with van der Waals surface area (Å²) in [4.78, 5) is 2.12. The van der Waals surface area contributed by atoms with Crippen molar-refractivity contribution in [2.24, 2.45) is 5.41 Å². The van der Waals surface area contributed by atoms with Gasteiger partial charge >= 0.3 is 0 Å². The first-order chi connectivity index (χ1) is 7.48. The Bertz CT molecular complexity index is 388. The number of nitrogen functional groups attached to an aromatic ring is 1. The highest BCUT2D eigenvalue weighted by Gasteiger charge is 2.27. The lowest BCUT2D eigenvalue weighted by atomic mass is 9.84. The number of piperidine rings is 1. The van der Waals surface area contributed by atoms with Crippen molar-refractivity contribution in [3.63, 3.8) is 0 Å². The summed E-state index contributed by atoms with van der Waals surface area (Å²) in [5.74, 6) is -0.210. The zero-order valence-electron chi connectivity index (χ0n) is 9.96. The zero-order valence-corrected chi connectivity index (χ0v) is 9.96. The van der Waals surface area contributed by atoms with Crippen LogP contribution >= 0.6 is 0 Å². The van der Waals surface area contributed by atoms with Crippen LogP contribution in [0.25, 0.3) is 0 Å². The maximum absolute atomic E-state index is 13.8.